The van der Waals surface area contributed by atoms with Crippen molar-refractivity contribution in [3.8, 4) is 0 Å². The number of amides is 2. The highest BCUT2D eigenvalue weighted by atomic mass is 16.8. The third-order valence-corrected chi connectivity index (χ3v) is 19.2. The van der Waals surface area contributed by atoms with Crippen LogP contribution in [0.15, 0.2) is 12.2 Å². The summed E-state index contributed by atoms with van der Waals surface area (Å²) in [6, 6.07) is -2.61. The van der Waals surface area contributed by atoms with Gasteiger partial charge in [-0.05, 0) is 19.3 Å². The molecule has 0 saturated carbocycles. The van der Waals surface area contributed by atoms with Crippen molar-refractivity contribution in [1.29, 1.82) is 0 Å². The van der Waals surface area contributed by atoms with Crippen LogP contribution in [0.2, 0.25) is 0 Å². The number of rotatable bonds is 58. The highest BCUT2D eigenvalue weighted by Gasteiger charge is 2.60. The van der Waals surface area contributed by atoms with E-state index in [9.17, 15) is 75.7 Å². The van der Waals surface area contributed by atoms with E-state index < -0.39 is 155 Å². The molecule has 0 aromatic heterocycles. The van der Waals surface area contributed by atoms with E-state index in [0.29, 0.717) is 12.8 Å². The lowest BCUT2D eigenvalue weighted by Crippen LogP contribution is -2.70. The Morgan fingerprint density at radius 1 is 0.547 bits per heavy atom. The summed E-state index contributed by atoms with van der Waals surface area (Å²) < 4.78 is 34.9. The Bertz CT molecular complexity index is 1960. The number of unbranched alkanes of at least 4 members (excludes halogenated alkanes) is 38. The Labute approximate surface area is 569 Å². The van der Waals surface area contributed by atoms with Crippen LogP contribution in [-0.4, -0.2) is 215 Å². The molecule has 3 saturated heterocycles. The SMILES string of the molecule is CCCCCCCCCCCCCCCCCCCCCC/C=C/C(O)C(COC1OC(CO)C(OC2OC(CO)C(O)C(OC3(C(=O)O)CC(O)C(NC(C)=O)C(C(O)C(O)CO)O3)C2O)C(O)C1O)NC(=O)CCCCCCCCCCCCCCCCCCCCC. The summed E-state index contributed by atoms with van der Waals surface area (Å²) >= 11 is 0. The lowest BCUT2D eigenvalue weighted by atomic mass is 9.88. The van der Waals surface area contributed by atoms with Crippen molar-refractivity contribution < 1.29 is 104 Å². The molecule has 14 N–H and O–H groups in total. The van der Waals surface area contributed by atoms with E-state index in [2.05, 4.69) is 24.5 Å². The first-order valence-electron chi connectivity index (χ1n) is 37.6. The zero-order valence-corrected chi connectivity index (χ0v) is 58.5. The number of carbonyl (C=O) groups is 3. The van der Waals surface area contributed by atoms with E-state index in [-0.39, 0.29) is 12.3 Å². The summed E-state index contributed by atoms with van der Waals surface area (Å²) in [6.07, 6.45) is 23.9. The van der Waals surface area contributed by atoms with Crippen LogP contribution in [0, 0.1) is 0 Å². The third kappa shape index (κ3) is 34.1. The molecule has 2 amide bonds. The van der Waals surface area contributed by atoms with Crippen LogP contribution in [-0.2, 0) is 42.8 Å². The summed E-state index contributed by atoms with van der Waals surface area (Å²) in [6.45, 7) is 2.18. The lowest BCUT2D eigenvalue weighted by molar-refractivity contribution is -0.386. The average molecular weight is 1360 g/mol. The minimum Gasteiger partial charge on any atom is -0.477 e. The van der Waals surface area contributed by atoms with Crippen molar-refractivity contribution in [1.82, 2.24) is 10.6 Å². The van der Waals surface area contributed by atoms with E-state index in [4.69, 9.17) is 28.4 Å². The van der Waals surface area contributed by atoms with Gasteiger partial charge in [-0.15, -0.1) is 0 Å². The van der Waals surface area contributed by atoms with E-state index in [1.54, 1.807) is 6.08 Å². The number of carboxylic acid groups (broad SMARTS) is 1. The number of allylic oxidation sites excluding steroid dienone is 1. The normalized spacial score (nSPS) is 27.7. The van der Waals surface area contributed by atoms with Crippen LogP contribution in [0.3, 0.4) is 0 Å². The van der Waals surface area contributed by atoms with Crippen LogP contribution >= 0.6 is 0 Å². The minimum absolute atomic E-state index is 0.205. The molecule has 23 heteroatoms. The van der Waals surface area contributed by atoms with Crippen molar-refractivity contribution in [2.45, 2.75) is 400 Å². The molecule has 0 bridgehead atoms. The molecular formula is C72H134N2O21. The summed E-state index contributed by atoms with van der Waals surface area (Å²) in [7, 11) is 0. The first kappa shape index (κ1) is 86.7. The summed E-state index contributed by atoms with van der Waals surface area (Å²) in [5, 5.41) is 136. The van der Waals surface area contributed by atoms with Gasteiger partial charge in [0.15, 0.2) is 12.6 Å². The van der Waals surface area contributed by atoms with Crippen LogP contribution in [0.25, 0.3) is 0 Å². The molecule has 18 atom stereocenters. The number of hydrogen-bond donors (Lipinski definition) is 14. The number of aliphatic hydroxyl groups excluding tert-OH is 11. The van der Waals surface area contributed by atoms with E-state index in [0.717, 1.165) is 51.9 Å². The minimum atomic E-state index is -3.08. The fraction of sp³-hybridized carbons (Fsp3) is 0.931. The molecule has 558 valence electrons. The van der Waals surface area contributed by atoms with Crippen molar-refractivity contribution in [2.24, 2.45) is 0 Å². The molecule has 3 aliphatic rings. The Balaban J connectivity index is 1.57. The van der Waals surface area contributed by atoms with E-state index >= 15 is 0 Å². The first-order valence-corrected chi connectivity index (χ1v) is 37.6. The topological polar surface area (TPSA) is 373 Å². The van der Waals surface area contributed by atoms with Gasteiger partial charge >= 0.3 is 5.97 Å². The highest BCUT2D eigenvalue weighted by Crippen LogP contribution is 2.39. The second kappa shape index (κ2) is 52.5. The predicted octanol–water partition coefficient (Wildman–Crippen LogP) is 8.24. The van der Waals surface area contributed by atoms with Gasteiger partial charge in [0.1, 0.15) is 67.1 Å². The zero-order chi connectivity index (χ0) is 69.6. The number of hydrogen-bond acceptors (Lipinski definition) is 20. The Morgan fingerprint density at radius 3 is 1.40 bits per heavy atom. The average Bonchev–Trinajstić information content (AvgIpc) is 0.758. The van der Waals surface area contributed by atoms with Crippen molar-refractivity contribution in [3.05, 3.63) is 12.2 Å². The number of nitrogens with one attached hydrogen (secondary N) is 2. The molecule has 3 rings (SSSR count). The second-order valence-corrected chi connectivity index (χ2v) is 27.5. The van der Waals surface area contributed by atoms with Crippen LogP contribution in [0.4, 0.5) is 0 Å². The van der Waals surface area contributed by atoms with E-state index in [1.807, 2.05) is 6.08 Å². The Hall–Kier alpha value is -2.53. The quantitative estimate of drug-likeness (QED) is 0.0201. The monoisotopic (exact) mass is 1360 g/mol. The molecule has 95 heavy (non-hydrogen) atoms. The number of ether oxygens (including phenoxy) is 6. The molecule has 3 aliphatic heterocycles. The molecule has 0 spiro atoms. The van der Waals surface area contributed by atoms with E-state index in [1.165, 1.54) is 199 Å². The van der Waals surface area contributed by atoms with Crippen LogP contribution in [0.1, 0.15) is 290 Å². The second-order valence-electron chi connectivity index (χ2n) is 27.5. The van der Waals surface area contributed by atoms with Gasteiger partial charge in [0.25, 0.3) is 5.79 Å². The molecule has 0 aromatic rings. The smallest absolute Gasteiger partial charge is 0.364 e. The molecule has 3 heterocycles. The van der Waals surface area contributed by atoms with Gasteiger partial charge in [0, 0.05) is 19.8 Å². The summed E-state index contributed by atoms with van der Waals surface area (Å²) in [5.74, 6) is -6.13. The standard InChI is InChI=1S/C72H134N2O21/c1-4-6-8-10-12-14-16-18-20-22-24-25-26-28-29-31-33-35-37-39-41-43-45-54(79)53(74-59(82)46-44-42-40-38-36-34-32-30-27-23-21-19-17-15-13-11-9-7-5-2)51-90-69-64(86)63(85)66(58(50-77)92-69)93-70-65(87)68(62(84)57(49-76)91-70)95-72(71(88)89)47-55(80)60(73-52(3)78)67(94-72)61(83)56(81)48-75/h43,45,53-58,60-70,75-77,79-81,83-87H,4-42,44,46-51H2,1-3H3,(H,73,78)(H,74,82)(H,88,89)/b45-43+. The summed E-state index contributed by atoms with van der Waals surface area (Å²) in [4.78, 5) is 38.6. The number of carboxylic acids is 1. The molecule has 0 aromatic carbocycles. The molecular weight excluding hydrogens is 1230 g/mol. The van der Waals surface area contributed by atoms with Crippen molar-refractivity contribution in [2.75, 3.05) is 26.4 Å². The zero-order valence-electron chi connectivity index (χ0n) is 58.5. The lowest BCUT2D eigenvalue weighted by Gasteiger charge is -2.50. The maximum absolute atomic E-state index is 13.5. The summed E-state index contributed by atoms with van der Waals surface area (Å²) in [5.41, 5.74) is 0. The Kier molecular flexibility index (Phi) is 47.9. The molecule has 23 nitrogen and oxygen atoms in total. The number of aliphatic carboxylic acids is 1. The maximum atomic E-state index is 13.5. The maximum Gasteiger partial charge on any atom is 0.364 e. The Morgan fingerprint density at radius 2 is 0.979 bits per heavy atom. The number of aliphatic hydroxyl groups is 11. The van der Waals surface area contributed by atoms with Crippen LogP contribution < -0.4 is 10.6 Å². The van der Waals surface area contributed by atoms with Gasteiger partial charge < -0.3 is 100 Å². The largest absolute Gasteiger partial charge is 0.477 e. The van der Waals surface area contributed by atoms with Gasteiger partial charge in [0.2, 0.25) is 11.8 Å². The van der Waals surface area contributed by atoms with Gasteiger partial charge in [-0.2, -0.15) is 0 Å². The molecule has 3 fully saturated rings. The third-order valence-electron chi connectivity index (χ3n) is 19.2. The van der Waals surface area contributed by atoms with Gasteiger partial charge in [-0.3, -0.25) is 9.59 Å². The molecule has 0 aliphatic carbocycles. The first-order chi connectivity index (χ1) is 45.9. The molecule has 18 unspecified atom stereocenters. The molecule has 0 radical (unpaired) electrons. The number of carbonyl (C=O) groups excluding carboxylic acids is 2. The van der Waals surface area contributed by atoms with Gasteiger partial charge in [0.05, 0.1) is 50.7 Å². The predicted molar refractivity (Wildman–Crippen MR) is 362 cm³/mol. The fourth-order valence-corrected chi connectivity index (χ4v) is 13.2. The van der Waals surface area contributed by atoms with Gasteiger partial charge in [-0.25, -0.2) is 4.79 Å². The van der Waals surface area contributed by atoms with Gasteiger partial charge in [-0.1, -0.05) is 264 Å². The van der Waals surface area contributed by atoms with Crippen LogP contribution in [0.5, 0.6) is 0 Å². The van der Waals surface area contributed by atoms with Crippen molar-refractivity contribution >= 4 is 17.8 Å². The van der Waals surface area contributed by atoms with Crippen molar-refractivity contribution in [3.63, 3.8) is 0 Å². The highest BCUT2D eigenvalue weighted by molar-refractivity contribution is 5.77. The fourth-order valence-electron chi connectivity index (χ4n) is 13.2.